The number of rotatable bonds is 21. The summed E-state index contributed by atoms with van der Waals surface area (Å²) >= 11 is 0. The van der Waals surface area contributed by atoms with Gasteiger partial charge in [-0.2, -0.15) is 0 Å². The molecule has 0 amide bonds. The Morgan fingerprint density at radius 2 is 1.27 bits per heavy atom. The molecular weight excluding hydrogens is 490 g/mol. The first kappa shape index (κ1) is 34.8. The largest absolute Gasteiger partial charge is 0.462 e. The Bertz CT molecular complexity index is 795. The summed E-state index contributed by atoms with van der Waals surface area (Å²) in [5, 5.41) is 0. The third kappa shape index (κ3) is 11.1. The molecule has 1 aromatic rings. The van der Waals surface area contributed by atoms with Crippen molar-refractivity contribution in [3.63, 3.8) is 0 Å². The average molecular weight is 556 g/mol. The summed E-state index contributed by atoms with van der Waals surface area (Å²) in [4.78, 5) is 15.6. The second kappa shape index (κ2) is 19.0. The molecular formula is C37H65NO2. The van der Waals surface area contributed by atoms with Crippen molar-refractivity contribution in [1.29, 1.82) is 0 Å². The zero-order valence-corrected chi connectivity index (χ0v) is 27.4. The van der Waals surface area contributed by atoms with Crippen LogP contribution in [0.1, 0.15) is 169 Å². The molecule has 1 aliphatic heterocycles. The summed E-state index contributed by atoms with van der Waals surface area (Å²) in [6, 6.07) is 10.8. The fourth-order valence-electron chi connectivity index (χ4n) is 6.98. The van der Waals surface area contributed by atoms with Crippen molar-refractivity contribution in [2.75, 3.05) is 0 Å². The lowest BCUT2D eigenvalue weighted by atomic mass is 9.67. The van der Waals surface area contributed by atoms with Crippen LogP contribution in [-0.4, -0.2) is 28.1 Å². The van der Waals surface area contributed by atoms with E-state index in [0.29, 0.717) is 12.3 Å². The van der Waals surface area contributed by atoms with Gasteiger partial charge in [-0.05, 0) is 38.7 Å². The number of hydrogen-bond donors (Lipinski definition) is 0. The van der Waals surface area contributed by atoms with Crippen LogP contribution in [0.4, 0.5) is 0 Å². The molecule has 0 aromatic heterocycles. The number of piperidine rings is 1. The molecule has 4 atom stereocenters. The highest BCUT2D eigenvalue weighted by Crippen LogP contribution is 2.47. The van der Waals surface area contributed by atoms with E-state index in [2.05, 4.69) is 76.8 Å². The fourth-order valence-corrected chi connectivity index (χ4v) is 6.98. The molecule has 230 valence electrons. The van der Waals surface area contributed by atoms with E-state index >= 15 is 0 Å². The monoisotopic (exact) mass is 556 g/mol. The number of esters is 1. The molecule has 0 radical (unpaired) electrons. The van der Waals surface area contributed by atoms with Crippen LogP contribution in [-0.2, 0) is 16.1 Å². The SMILES string of the molecule is CCCCCCCCCCCCCCCCCC(=O)OC1CC(C)(CC)N(Cc2ccccc2)C(C)(CC)C1C. The minimum absolute atomic E-state index is 0.00664. The van der Waals surface area contributed by atoms with Gasteiger partial charge >= 0.3 is 5.97 Å². The second-order valence-electron chi connectivity index (χ2n) is 13.4. The van der Waals surface area contributed by atoms with Gasteiger partial charge in [-0.15, -0.1) is 0 Å². The standard InChI is InChI=1S/C37H65NO2/c1-7-10-11-12-13-14-15-16-17-18-19-20-21-22-26-29-35(39)40-34-30-36(5,8-2)38(37(6,9-3)32(34)4)31-33-27-24-23-25-28-33/h23-25,27-28,32,34H,7-22,26,29-31H2,1-6H3. The molecule has 3 heteroatoms. The van der Waals surface area contributed by atoms with E-state index in [0.717, 1.165) is 38.6 Å². The van der Waals surface area contributed by atoms with Crippen molar-refractivity contribution in [1.82, 2.24) is 4.90 Å². The van der Waals surface area contributed by atoms with Gasteiger partial charge in [0.05, 0.1) is 0 Å². The van der Waals surface area contributed by atoms with Crippen LogP contribution < -0.4 is 0 Å². The Labute approximate surface area is 249 Å². The number of likely N-dealkylation sites (tertiary alicyclic amines) is 1. The second-order valence-corrected chi connectivity index (χ2v) is 13.4. The molecule has 1 heterocycles. The number of nitrogens with zero attached hydrogens (tertiary/aromatic N) is 1. The first-order chi connectivity index (χ1) is 19.3. The van der Waals surface area contributed by atoms with E-state index in [1.54, 1.807) is 0 Å². The zero-order valence-electron chi connectivity index (χ0n) is 27.4. The Balaban J connectivity index is 1.67. The number of benzene rings is 1. The number of carbonyl (C=O) groups excluding carboxylic acids is 1. The molecule has 3 nitrogen and oxygen atoms in total. The van der Waals surface area contributed by atoms with Gasteiger partial charge in [0.1, 0.15) is 6.10 Å². The third-order valence-electron chi connectivity index (χ3n) is 10.4. The third-order valence-corrected chi connectivity index (χ3v) is 10.4. The van der Waals surface area contributed by atoms with Gasteiger partial charge in [0.15, 0.2) is 0 Å². The summed E-state index contributed by atoms with van der Waals surface area (Å²) < 4.78 is 6.25. The highest BCUT2D eigenvalue weighted by Gasteiger charge is 2.53. The lowest BCUT2D eigenvalue weighted by Gasteiger charge is -2.60. The maximum absolute atomic E-state index is 12.9. The predicted molar refractivity (Wildman–Crippen MR) is 173 cm³/mol. The molecule has 1 saturated heterocycles. The van der Waals surface area contributed by atoms with Gasteiger partial charge in [0.25, 0.3) is 0 Å². The maximum atomic E-state index is 12.9. The van der Waals surface area contributed by atoms with Gasteiger partial charge in [-0.25, -0.2) is 0 Å². The average Bonchev–Trinajstić information content (AvgIpc) is 2.96. The smallest absolute Gasteiger partial charge is 0.306 e. The minimum atomic E-state index is -0.0154. The van der Waals surface area contributed by atoms with Crippen LogP contribution in [0.15, 0.2) is 30.3 Å². The number of unbranched alkanes of at least 4 members (excludes halogenated alkanes) is 14. The van der Waals surface area contributed by atoms with Crippen LogP contribution in [0.25, 0.3) is 0 Å². The summed E-state index contributed by atoms with van der Waals surface area (Å²) in [5.41, 5.74) is 1.35. The van der Waals surface area contributed by atoms with Crippen molar-refractivity contribution in [2.45, 2.75) is 187 Å². The normalized spacial score (nSPS) is 25.2. The van der Waals surface area contributed by atoms with Gasteiger partial charge in [0, 0.05) is 36.4 Å². The van der Waals surface area contributed by atoms with Gasteiger partial charge < -0.3 is 4.74 Å². The lowest BCUT2D eigenvalue weighted by Crippen LogP contribution is -2.67. The number of hydrogen-bond acceptors (Lipinski definition) is 3. The van der Waals surface area contributed by atoms with E-state index in [-0.39, 0.29) is 23.2 Å². The van der Waals surface area contributed by atoms with Crippen molar-refractivity contribution >= 4 is 5.97 Å². The van der Waals surface area contributed by atoms with E-state index in [1.807, 2.05) is 0 Å². The number of ether oxygens (including phenoxy) is 1. The van der Waals surface area contributed by atoms with Crippen LogP contribution in [0.3, 0.4) is 0 Å². The van der Waals surface area contributed by atoms with Crippen molar-refractivity contribution in [2.24, 2.45) is 5.92 Å². The molecule has 40 heavy (non-hydrogen) atoms. The first-order valence-electron chi connectivity index (χ1n) is 17.3. The fraction of sp³-hybridized carbons (Fsp3) is 0.811. The minimum Gasteiger partial charge on any atom is -0.462 e. The van der Waals surface area contributed by atoms with Crippen LogP contribution in [0, 0.1) is 5.92 Å². The summed E-state index contributed by atoms with van der Waals surface area (Å²) in [6.45, 7) is 14.9. The molecule has 0 saturated carbocycles. The first-order valence-corrected chi connectivity index (χ1v) is 17.3. The van der Waals surface area contributed by atoms with E-state index < -0.39 is 0 Å². The Morgan fingerprint density at radius 1 is 0.775 bits per heavy atom. The van der Waals surface area contributed by atoms with Crippen molar-refractivity contribution < 1.29 is 9.53 Å². The van der Waals surface area contributed by atoms with E-state index in [1.165, 1.54) is 89.0 Å². The lowest BCUT2D eigenvalue weighted by molar-refractivity contribution is -0.178. The molecule has 0 bridgehead atoms. The van der Waals surface area contributed by atoms with Crippen LogP contribution in [0.5, 0.6) is 0 Å². The van der Waals surface area contributed by atoms with Crippen LogP contribution in [0.2, 0.25) is 0 Å². The topological polar surface area (TPSA) is 29.5 Å². The summed E-state index contributed by atoms with van der Waals surface area (Å²) in [5.74, 6) is 0.311. The van der Waals surface area contributed by atoms with Gasteiger partial charge in [0.2, 0.25) is 0 Å². The predicted octanol–water partition coefficient (Wildman–Crippen LogP) is 11.0. The molecule has 1 fully saturated rings. The van der Waals surface area contributed by atoms with E-state index in [9.17, 15) is 4.79 Å². The molecule has 4 unspecified atom stereocenters. The quantitative estimate of drug-likeness (QED) is 0.112. The van der Waals surface area contributed by atoms with Gasteiger partial charge in [-0.1, -0.05) is 148 Å². The zero-order chi connectivity index (χ0) is 29.3. The summed E-state index contributed by atoms with van der Waals surface area (Å²) in [7, 11) is 0. The highest BCUT2D eigenvalue weighted by atomic mass is 16.5. The maximum Gasteiger partial charge on any atom is 0.306 e. The van der Waals surface area contributed by atoms with Crippen LogP contribution >= 0.6 is 0 Å². The molecule has 1 aliphatic rings. The van der Waals surface area contributed by atoms with Gasteiger partial charge in [-0.3, -0.25) is 9.69 Å². The number of carbonyl (C=O) groups is 1. The molecule has 0 aliphatic carbocycles. The van der Waals surface area contributed by atoms with E-state index in [4.69, 9.17) is 4.74 Å². The summed E-state index contributed by atoms with van der Waals surface area (Å²) in [6.07, 6.45) is 23.7. The Kier molecular flexibility index (Phi) is 16.5. The highest BCUT2D eigenvalue weighted by molar-refractivity contribution is 5.69. The van der Waals surface area contributed by atoms with Crippen molar-refractivity contribution in [3.05, 3.63) is 35.9 Å². The van der Waals surface area contributed by atoms with Crippen molar-refractivity contribution in [3.8, 4) is 0 Å². The molecule has 2 rings (SSSR count). The Morgan fingerprint density at radius 3 is 1.75 bits per heavy atom. The Hall–Kier alpha value is -1.35. The molecule has 1 aromatic carbocycles. The molecule has 0 N–H and O–H groups in total. The molecule has 0 spiro atoms.